The molecule has 1 aromatic heterocycles. The molecule has 2 aliphatic heterocycles. The molecule has 0 fully saturated rings. The van der Waals surface area contributed by atoms with Crippen LogP contribution in [0.25, 0.3) is 0 Å². The monoisotopic (exact) mass is 272 g/mol. The third kappa shape index (κ3) is 1.39. The predicted molar refractivity (Wildman–Crippen MR) is 77.9 cm³/mol. The minimum Gasteiger partial charge on any atom is -0.347 e. The molecule has 0 radical (unpaired) electrons. The van der Waals surface area contributed by atoms with Gasteiger partial charge in [-0.2, -0.15) is 0 Å². The number of aromatic nitrogens is 1. The zero-order valence-corrected chi connectivity index (χ0v) is 11.4. The van der Waals surface area contributed by atoms with Crippen LogP contribution in [0.2, 0.25) is 0 Å². The molecule has 2 nitrogen and oxygen atoms in total. The Morgan fingerprint density at radius 3 is 2.94 bits per heavy atom. The van der Waals surface area contributed by atoms with Crippen LogP contribution in [0.3, 0.4) is 0 Å². The lowest BCUT2D eigenvalue weighted by Gasteiger charge is -2.41. The lowest BCUT2D eigenvalue weighted by molar-refractivity contribution is 0.330. The molecule has 0 N–H and O–H groups in total. The van der Waals surface area contributed by atoms with Gasteiger partial charge in [0.1, 0.15) is 10.4 Å². The average Bonchev–Trinajstić information content (AvgIpc) is 2.88. The second-order valence-corrected chi connectivity index (χ2v) is 6.10. The lowest BCUT2D eigenvalue weighted by atomic mass is 10.1. The van der Waals surface area contributed by atoms with Gasteiger partial charge >= 0.3 is 0 Å². The standard InChI is InChI=1S/C14H12N2S2/c17-13-10-4-1-2-6-12(10)18-14-11-5-3-7-15(11)8-9-16(13)14/h1-7,14H,8-9H2. The summed E-state index contributed by atoms with van der Waals surface area (Å²) in [5.74, 6) is 0. The highest BCUT2D eigenvalue weighted by atomic mass is 32.2. The molecule has 0 aliphatic carbocycles. The molecule has 18 heavy (non-hydrogen) atoms. The van der Waals surface area contributed by atoms with Crippen molar-refractivity contribution in [1.82, 2.24) is 9.47 Å². The zero-order valence-electron chi connectivity index (χ0n) is 9.74. The van der Waals surface area contributed by atoms with Gasteiger partial charge in [0.25, 0.3) is 0 Å². The summed E-state index contributed by atoms with van der Waals surface area (Å²) < 4.78 is 2.34. The Hall–Kier alpha value is -1.26. The first kappa shape index (κ1) is 10.6. The van der Waals surface area contributed by atoms with E-state index in [2.05, 4.69) is 52.1 Å². The van der Waals surface area contributed by atoms with E-state index in [1.807, 2.05) is 11.8 Å². The fourth-order valence-corrected chi connectivity index (χ4v) is 4.57. The molecule has 0 bridgehead atoms. The summed E-state index contributed by atoms with van der Waals surface area (Å²) in [6.07, 6.45) is 2.16. The second-order valence-electron chi connectivity index (χ2n) is 4.59. The van der Waals surface area contributed by atoms with Crippen molar-refractivity contribution in [3.8, 4) is 0 Å². The van der Waals surface area contributed by atoms with Crippen LogP contribution in [-0.2, 0) is 6.54 Å². The van der Waals surface area contributed by atoms with Gasteiger partial charge in [0, 0.05) is 29.7 Å². The SMILES string of the molecule is S=C1c2ccccc2SC2c3cccn3CCN12. The van der Waals surface area contributed by atoms with Crippen LogP contribution in [0.4, 0.5) is 0 Å². The fourth-order valence-electron chi connectivity index (χ4n) is 2.70. The van der Waals surface area contributed by atoms with Gasteiger partial charge in [-0.1, -0.05) is 42.2 Å². The summed E-state index contributed by atoms with van der Waals surface area (Å²) >= 11 is 7.57. The largest absolute Gasteiger partial charge is 0.347 e. The number of benzene rings is 1. The molecule has 3 heterocycles. The Labute approximate surface area is 116 Å². The molecule has 0 amide bonds. The van der Waals surface area contributed by atoms with E-state index in [1.54, 1.807) is 0 Å². The Kier molecular flexibility index (Phi) is 2.29. The van der Waals surface area contributed by atoms with Gasteiger partial charge in [-0.15, -0.1) is 0 Å². The highest BCUT2D eigenvalue weighted by molar-refractivity contribution is 7.99. The second kappa shape index (κ2) is 3.87. The minimum atomic E-state index is 0.344. The first-order chi connectivity index (χ1) is 8.84. The maximum absolute atomic E-state index is 5.66. The van der Waals surface area contributed by atoms with Crippen molar-refractivity contribution in [2.24, 2.45) is 0 Å². The lowest BCUT2D eigenvalue weighted by Crippen LogP contribution is -2.42. The van der Waals surface area contributed by atoms with Crippen molar-refractivity contribution in [2.45, 2.75) is 16.8 Å². The van der Waals surface area contributed by atoms with Gasteiger partial charge in [-0.25, -0.2) is 0 Å². The van der Waals surface area contributed by atoms with Gasteiger partial charge in [0.2, 0.25) is 0 Å². The van der Waals surface area contributed by atoms with Gasteiger partial charge < -0.3 is 9.47 Å². The highest BCUT2D eigenvalue weighted by Gasteiger charge is 2.34. The average molecular weight is 272 g/mol. The van der Waals surface area contributed by atoms with Crippen molar-refractivity contribution >= 4 is 29.0 Å². The number of nitrogens with zero attached hydrogens (tertiary/aromatic N) is 2. The van der Waals surface area contributed by atoms with E-state index in [4.69, 9.17) is 12.2 Å². The Morgan fingerprint density at radius 2 is 2.00 bits per heavy atom. The van der Waals surface area contributed by atoms with Gasteiger partial charge in [-0.3, -0.25) is 0 Å². The van der Waals surface area contributed by atoms with Gasteiger partial charge in [0.15, 0.2) is 0 Å². The van der Waals surface area contributed by atoms with Gasteiger partial charge in [0.05, 0.1) is 5.69 Å². The molecule has 1 atom stereocenters. The third-order valence-corrected chi connectivity index (χ3v) is 5.38. The van der Waals surface area contributed by atoms with E-state index in [0.717, 1.165) is 18.1 Å². The van der Waals surface area contributed by atoms with Crippen LogP contribution in [0.1, 0.15) is 16.6 Å². The van der Waals surface area contributed by atoms with E-state index in [0.29, 0.717) is 5.37 Å². The number of thioether (sulfide) groups is 1. The highest BCUT2D eigenvalue weighted by Crippen LogP contribution is 2.46. The molecule has 2 aromatic rings. The number of rotatable bonds is 0. The van der Waals surface area contributed by atoms with Crippen molar-refractivity contribution in [3.05, 3.63) is 53.9 Å². The predicted octanol–water partition coefficient (Wildman–Crippen LogP) is 3.28. The fraction of sp³-hybridized carbons (Fsp3) is 0.214. The van der Waals surface area contributed by atoms with E-state index in [9.17, 15) is 0 Å². The van der Waals surface area contributed by atoms with E-state index >= 15 is 0 Å². The summed E-state index contributed by atoms with van der Waals surface area (Å²) in [5.41, 5.74) is 2.58. The third-order valence-electron chi connectivity index (χ3n) is 3.60. The van der Waals surface area contributed by atoms with Crippen LogP contribution < -0.4 is 0 Å². The van der Waals surface area contributed by atoms with Crippen LogP contribution >= 0.6 is 24.0 Å². The Morgan fingerprint density at radius 1 is 1.11 bits per heavy atom. The zero-order chi connectivity index (χ0) is 12.1. The summed E-state index contributed by atoms with van der Waals surface area (Å²) in [7, 11) is 0. The topological polar surface area (TPSA) is 8.17 Å². The molecule has 4 heteroatoms. The quantitative estimate of drug-likeness (QED) is 0.681. The molecule has 1 aromatic carbocycles. The number of thiocarbonyl (C=S) groups is 1. The normalized spacial score (nSPS) is 21.2. The minimum absolute atomic E-state index is 0.344. The first-order valence-electron chi connectivity index (χ1n) is 6.06. The molecule has 1 unspecified atom stereocenters. The molecular formula is C14H12N2S2. The molecule has 0 spiro atoms. The van der Waals surface area contributed by atoms with Crippen molar-refractivity contribution in [2.75, 3.05) is 6.54 Å². The van der Waals surface area contributed by atoms with Crippen LogP contribution in [0.5, 0.6) is 0 Å². The number of hydrogen-bond acceptors (Lipinski definition) is 2. The van der Waals surface area contributed by atoms with E-state index < -0.39 is 0 Å². The molecular weight excluding hydrogens is 260 g/mol. The Bertz CT molecular complexity index is 632. The molecule has 0 saturated heterocycles. The van der Waals surface area contributed by atoms with Crippen LogP contribution in [0, 0.1) is 0 Å². The molecule has 90 valence electrons. The summed E-state index contributed by atoms with van der Waals surface area (Å²) in [6.45, 7) is 2.04. The molecule has 4 rings (SSSR count). The number of fused-ring (bicyclic) bond motifs is 4. The summed E-state index contributed by atoms with van der Waals surface area (Å²) in [5, 5.41) is 0.344. The summed E-state index contributed by atoms with van der Waals surface area (Å²) in [4.78, 5) is 4.66. The van der Waals surface area contributed by atoms with Crippen LogP contribution in [0.15, 0.2) is 47.5 Å². The maximum atomic E-state index is 5.66. The van der Waals surface area contributed by atoms with Crippen LogP contribution in [-0.4, -0.2) is 21.0 Å². The van der Waals surface area contributed by atoms with E-state index in [-0.39, 0.29) is 0 Å². The Balaban J connectivity index is 1.86. The van der Waals surface area contributed by atoms with Gasteiger partial charge in [-0.05, 0) is 18.2 Å². The number of hydrogen-bond donors (Lipinski definition) is 0. The van der Waals surface area contributed by atoms with Crippen molar-refractivity contribution in [1.29, 1.82) is 0 Å². The van der Waals surface area contributed by atoms with E-state index in [1.165, 1.54) is 16.2 Å². The molecule has 2 aliphatic rings. The smallest absolute Gasteiger partial charge is 0.121 e. The first-order valence-corrected chi connectivity index (χ1v) is 7.35. The maximum Gasteiger partial charge on any atom is 0.121 e. The van der Waals surface area contributed by atoms with Crippen molar-refractivity contribution < 1.29 is 0 Å². The molecule has 0 saturated carbocycles. The summed E-state index contributed by atoms with van der Waals surface area (Å²) in [6, 6.07) is 12.8. The van der Waals surface area contributed by atoms with Crippen molar-refractivity contribution in [3.63, 3.8) is 0 Å².